The van der Waals surface area contributed by atoms with Crippen LogP contribution in [0.25, 0.3) is 0 Å². The molecule has 3 aromatic rings. The summed E-state index contributed by atoms with van der Waals surface area (Å²) in [5.41, 5.74) is 4.66. The smallest absolute Gasteiger partial charge is 0.191 e. The van der Waals surface area contributed by atoms with Crippen molar-refractivity contribution in [3.05, 3.63) is 100 Å². The molecular weight excluding hydrogens is 396 g/mol. The van der Waals surface area contributed by atoms with Gasteiger partial charge in [-0.3, -0.25) is 4.99 Å². The molecule has 0 atom stereocenters. The number of aliphatic imine (C=N–C) groups is 1. The summed E-state index contributed by atoms with van der Waals surface area (Å²) in [7, 11) is 1.77. The van der Waals surface area contributed by atoms with Crippen molar-refractivity contribution in [2.45, 2.75) is 26.2 Å². The van der Waals surface area contributed by atoms with E-state index in [1.54, 1.807) is 19.3 Å². The lowest BCUT2D eigenvalue weighted by Gasteiger charge is -2.12. The van der Waals surface area contributed by atoms with E-state index < -0.39 is 0 Å². The molecule has 0 radical (unpaired) electrons. The molecule has 0 aliphatic rings. The van der Waals surface area contributed by atoms with E-state index in [-0.39, 0.29) is 0 Å². The normalized spacial score (nSPS) is 11.3. The summed E-state index contributed by atoms with van der Waals surface area (Å²) in [6.45, 7) is 2.69. The van der Waals surface area contributed by atoms with Gasteiger partial charge in [-0.1, -0.05) is 72.3 Å². The Kier molecular flexibility index (Phi) is 8.69. The number of rotatable bonds is 9. The second-order valence-corrected chi connectivity index (χ2v) is 7.27. The quantitative estimate of drug-likeness (QED) is 0.305. The van der Waals surface area contributed by atoms with Crippen LogP contribution in [0.5, 0.6) is 0 Å². The zero-order valence-electron chi connectivity index (χ0n) is 17.1. The Bertz CT molecular complexity index is 912. The van der Waals surface area contributed by atoms with Gasteiger partial charge in [0.15, 0.2) is 5.96 Å². The number of halogens is 1. The van der Waals surface area contributed by atoms with Crippen molar-refractivity contribution >= 4 is 17.6 Å². The fourth-order valence-corrected chi connectivity index (χ4v) is 3.01. The number of aromatic nitrogens is 1. The lowest BCUT2D eigenvalue weighted by Crippen LogP contribution is -2.37. The number of benzene rings is 2. The summed E-state index contributed by atoms with van der Waals surface area (Å²) >= 11 is 5.82. The minimum Gasteiger partial charge on any atom is -0.372 e. The summed E-state index contributed by atoms with van der Waals surface area (Å²) in [6, 6.07) is 22.4. The van der Waals surface area contributed by atoms with Gasteiger partial charge in [0.1, 0.15) is 5.15 Å². The third kappa shape index (κ3) is 7.50. The molecule has 2 aromatic carbocycles. The Labute approximate surface area is 183 Å². The first-order valence-corrected chi connectivity index (χ1v) is 10.3. The summed E-state index contributed by atoms with van der Waals surface area (Å²) in [4.78, 5) is 8.37. The lowest BCUT2D eigenvalue weighted by atomic mass is 10.1. The Morgan fingerprint density at radius 1 is 0.867 bits per heavy atom. The Hall–Kier alpha value is -2.89. The molecule has 1 heterocycles. The van der Waals surface area contributed by atoms with Crippen molar-refractivity contribution in [1.82, 2.24) is 15.6 Å². The minimum atomic E-state index is 0.512. The van der Waals surface area contributed by atoms with Gasteiger partial charge in [0.05, 0.1) is 13.2 Å². The second-order valence-electron chi connectivity index (χ2n) is 6.89. The zero-order valence-corrected chi connectivity index (χ0v) is 17.9. The third-order valence-electron chi connectivity index (χ3n) is 4.58. The van der Waals surface area contributed by atoms with Gasteiger partial charge >= 0.3 is 0 Å². The molecule has 156 valence electrons. The first kappa shape index (κ1) is 21.8. The van der Waals surface area contributed by atoms with Gasteiger partial charge in [0.2, 0.25) is 0 Å². The molecule has 0 aliphatic heterocycles. The van der Waals surface area contributed by atoms with Gasteiger partial charge in [0.25, 0.3) is 0 Å². The largest absolute Gasteiger partial charge is 0.372 e. The molecule has 30 heavy (non-hydrogen) atoms. The van der Waals surface area contributed by atoms with Crippen LogP contribution >= 0.6 is 11.6 Å². The summed E-state index contributed by atoms with van der Waals surface area (Å²) in [5.74, 6) is 0.771. The maximum atomic E-state index is 5.82. The number of nitrogens with zero attached hydrogens (tertiary/aromatic N) is 2. The molecule has 0 unspecified atom stereocenters. The van der Waals surface area contributed by atoms with E-state index in [2.05, 4.69) is 57.0 Å². The molecule has 0 saturated carbocycles. The SMILES string of the molecule is CN=C(NCCc1ccc(Cl)nc1)NCc1ccc(COCc2ccccc2)cc1. The third-order valence-corrected chi connectivity index (χ3v) is 4.81. The fraction of sp³-hybridized carbons (Fsp3) is 0.250. The van der Waals surface area contributed by atoms with Crippen LogP contribution in [0.15, 0.2) is 77.9 Å². The van der Waals surface area contributed by atoms with Crippen molar-refractivity contribution in [3.8, 4) is 0 Å². The molecule has 0 bridgehead atoms. The van der Waals surface area contributed by atoms with Crippen LogP contribution < -0.4 is 10.6 Å². The van der Waals surface area contributed by atoms with E-state index in [0.29, 0.717) is 24.9 Å². The molecule has 0 aliphatic carbocycles. The Morgan fingerprint density at radius 3 is 2.20 bits per heavy atom. The molecule has 0 fully saturated rings. The highest BCUT2D eigenvalue weighted by molar-refractivity contribution is 6.29. The summed E-state index contributed by atoms with van der Waals surface area (Å²) in [5, 5.41) is 7.16. The number of hydrogen-bond donors (Lipinski definition) is 2. The molecule has 0 saturated heterocycles. The number of ether oxygens (including phenoxy) is 1. The maximum Gasteiger partial charge on any atom is 0.191 e. The summed E-state index contributed by atoms with van der Waals surface area (Å²) < 4.78 is 5.79. The zero-order chi connectivity index (χ0) is 21.0. The van der Waals surface area contributed by atoms with Gasteiger partial charge in [-0.2, -0.15) is 0 Å². The predicted octanol–water partition coefficient (Wildman–Crippen LogP) is 4.36. The van der Waals surface area contributed by atoms with Gasteiger partial charge in [-0.25, -0.2) is 4.98 Å². The number of pyridine rings is 1. The average molecular weight is 423 g/mol. The number of hydrogen-bond acceptors (Lipinski definition) is 3. The van der Waals surface area contributed by atoms with E-state index in [0.717, 1.165) is 30.1 Å². The molecular formula is C24H27ClN4O. The molecule has 3 rings (SSSR count). The monoisotopic (exact) mass is 422 g/mol. The number of nitrogens with one attached hydrogen (secondary N) is 2. The van der Waals surface area contributed by atoms with Crippen LogP contribution in [0.3, 0.4) is 0 Å². The Morgan fingerprint density at radius 2 is 1.53 bits per heavy atom. The van der Waals surface area contributed by atoms with Crippen molar-refractivity contribution in [2.24, 2.45) is 4.99 Å². The molecule has 5 nitrogen and oxygen atoms in total. The van der Waals surface area contributed by atoms with Crippen LogP contribution in [-0.4, -0.2) is 24.5 Å². The molecule has 1 aromatic heterocycles. The van der Waals surface area contributed by atoms with E-state index in [9.17, 15) is 0 Å². The lowest BCUT2D eigenvalue weighted by molar-refractivity contribution is 0.107. The van der Waals surface area contributed by atoms with Crippen molar-refractivity contribution in [3.63, 3.8) is 0 Å². The van der Waals surface area contributed by atoms with E-state index >= 15 is 0 Å². The van der Waals surface area contributed by atoms with Crippen LogP contribution in [0.4, 0.5) is 0 Å². The van der Waals surface area contributed by atoms with Crippen LogP contribution in [0.2, 0.25) is 5.15 Å². The fourth-order valence-electron chi connectivity index (χ4n) is 2.90. The van der Waals surface area contributed by atoms with Gasteiger partial charge < -0.3 is 15.4 Å². The van der Waals surface area contributed by atoms with E-state index in [4.69, 9.17) is 16.3 Å². The summed E-state index contributed by atoms with van der Waals surface area (Å²) in [6.07, 6.45) is 2.65. The predicted molar refractivity (Wildman–Crippen MR) is 123 cm³/mol. The molecule has 2 N–H and O–H groups in total. The van der Waals surface area contributed by atoms with E-state index in [1.165, 1.54) is 11.1 Å². The highest BCUT2D eigenvalue weighted by Crippen LogP contribution is 2.08. The number of guanidine groups is 1. The Balaban J connectivity index is 1.37. The van der Waals surface area contributed by atoms with Crippen molar-refractivity contribution in [1.29, 1.82) is 0 Å². The molecule has 0 spiro atoms. The van der Waals surface area contributed by atoms with Gasteiger partial charge in [0, 0.05) is 26.3 Å². The van der Waals surface area contributed by atoms with Crippen molar-refractivity contribution in [2.75, 3.05) is 13.6 Å². The maximum absolute atomic E-state index is 5.82. The standard InChI is InChI=1S/C24H27ClN4O/c1-26-24(27-14-13-20-11-12-23(25)28-15-20)29-16-19-7-9-22(10-8-19)18-30-17-21-5-3-2-4-6-21/h2-12,15H,13-14,16-18H2,1H3,(H2,26,27,29). The second kappa shape index (κ2) is 12.0. The highest BCUT2D eigenvalue weighted by Gasteiger charge is 2.01. The first-order chi connectivity index (χ1) is 14.7. The van der Waals surface area contributed by atoms with Crippen LogP contribution in [0.1, 0.15) is 22.3 Å². The van der Waals surface area contributed by atoms with Gasteiger partial charge in [-0.05, 0) is 34.7 Å². The minimum absolute atomic E-state index is 0.512. The van der Waals surface area contributed by atoms with E-state index in [1.807, 2.05) is 24.3 Å². The average Bonchev–Trinajstić information content (AvgIpc) is 2.79. The molecule has 6 heteroatoms. The van der Waals surface area contributed by atoms with Crippen LogP contribution in [0, 0.1) is 0 Å². The van der Waals surface area contributed by atoms with Gasteiger partial charge in [-0.15, -0.1) is 0 Å². The van der Waals surface area contributed by atoms with Crippen molar-refractivity contribution < 1.29 is 4.74 Å². The topological polar surface area (TPSA) is 58.5 Å². The van der Waals surface area contributed by atoms with Crippen LogP contribution in [-0.2, 0) is 30.9 Å². The molecule has 0 amide bonds. The first-order valence-electron chi connectivity index (χ1n) is 9.97. The highest BCUT2D eigenvalue weighted by atomic mass is 35.5.